The third kappa shape index (κ3) is 8.99. The number of benzene rings is 1. The number of halogens is 2. The number of aromatic amines is 1. The Morgan fingerprint density at radius 1 is 1.22 bits per heavy atom. The number of imidazole rings is 1. The summed E-state index contributed by atoms with van der Waals surface area (Å²) in [6, 6.07) is 8.12. The van der Waals surface area contributed by atoms with Crippen molar-refractivity contribution in [2.75, 3.05) is 25.0 Å². The van der Waals surface area contributed by atoms with Gasteiger partial charge in [-0.05, 0) is 37.0 Å². The van der Waals surface area contributed by atoms with Crippen LogP contribution < -0.4 is 21.8 Å². The molecule has 32 heavy (non-hydrogen) atoms. The van der Waals surface area contributed by atoms with Gasteiger partial charge in [0.25, 0.3) is 0 Å². The lowest BCUT2D eigenvalue weighted by molar-refractivity contribution is -0.121. The lowest BCUT2D eigenvalue weighted by atomic mass is 9.94. The maximum Gasteiger partial charge on any atom is 0.240 e. The quantitative estimate of drug-likeness (QED) is 0.170. The number of nitrogens with one attached hydrogen (secondary N) is 4. The second-order valence-corrected chi connectivity index (χ2v) is 7.35. The number of aryl methyl sites for hydroxylation is 1. The fraction of sp³-hybridized carbons (Fsp3) is 0.429. The van der Waals surface area contributed by atoms with Crippen LogP contribution in [-0.4, -0.2) is 47.2 Å². The second kappa shape index (κ2) is 14.6. The molecular weight excluding hydrogens is 540 g/mol. The summed E-state index contributed by atoms with van der Waals surface area (Å²) >= 11 is 0. The standard InChI is InChI=1S/C21H30N8O.2BrH/c1-15-12-19(30)28-29-20(15)16-5-7-17(8-6-16)24-10-3-11-26-21(22)25-9-2-4-18-13-23-14-27-18;;/h5-8,13-15,24H,2-4,9-12H2,1H3,(H,23,27)(H,28,30)(H3,22,25,26);2*1H. The van der Waals surface area contributed by atoms with Gasteiger partial charge in [0, 0.05) is 43.9 Å². The average molecular weight is 572 g/mol. The minimum absolute atomic E-state index is 0. The van der Waals surface area contributed by atoms with E-state index < -0.39 is 0 Å². The summed E-state index contributed by atoms with van der Waals surface area (Å²) in [5.41, 5.74) is 12.5. The number of hydrazone groups is 1. The summed E-state index contributed by atoms with van der Waals surface area (Å²) < 4.78 is 0. The van der Waals surface area contributed by atoms with Crippen molar-refractivity contribution in [1.29, 1.82) is 0 Å². The Morgan fingerprint density at radius 2 is 2.00 bits per heavy atom. The molecule has 1 amide bonds. The fourth-order valence-electron chi connectivity index (χ4n) is 3.24. The Labute approximate surface area is 209 Å². The molecule has 3 rings (SSSR count). The molecule has 0 spiro atoms. The Bertz CT molecular complexity index is 868. The molecule has 0 fully saturated rings. The monoisotopic (exact) mass is 570 g/mol. The molecule has 6 N–H and O–H groups in total. The first-order chi connectivity index (χ1) is 14.6. The maximum absolute atomic E-state index is 11.4. The van der Waals surface area contributed by atoms with E-state index in [9.17, 15) is 4.79 Å². The van der Waals surface area contributed by atoms with Gasteiger partial charge in [0.2, 0.25) is 5.91 Å². The molecule has 1 aliphatic heterocycles. The van der Waals surface area contributed by atoms with E-state index in [2.05, 4.69) is 36.1 Å². The summed E-state index contributed by atoms with van der Waals surface area (Å²) in [6.45, 7) is 4.29. The summed E-state index contributed by atoms with van der Waals surface area (Å²) in [4.78, 5) is 22.8. The van der Waals surface area contributed by atoms with Crippen molar-refractivity contribution in [1.82, 2.24) is 20.7 Å². The number of aromatic nitrogens is 2. The van der Waals surface area contributed by atoms with Crippen LogP contribution in [0.15, 0.2) is 46.9 Å². The van der Waals surface area contributed by atoms with E-state index in [-0.39, 0.29) is 45.8 Å². The Kier molecular flexibility index (Phi) is 12.6. The zero-order valence-electron chi connectivity index (χ0n) is 18.1. The van der Waals surface area contributed by atoms with Crippen molar-refractivity contribution in [3.63, 3.8) is 0 Å². The number of anilines is 1. The van der Waals surface area contributed by atoms with Crippen LogP contribution in [0.25, 0.3) is 0 Å². The SMILES string of the molecule is Br.Br.CC1CC(=O)NN=C1c1ccc(NCCCNC(N)=NCCCc2c[nH]cn2)cc1. The predicted molar refractivity (Wildman–Crippen MR) is 140 cm³/mol. The van der Waals surface area contributed by atoms with Gasteiger partial charge in [-0.3, -0.25) is 9.79 Å². The maximum atomic E-state index is 11.4. The third-order valence-corrected chi connectivity index (χ3v) is 4.86. The van der Waals surface area contributed by atoms with Crippen molar-refractivity contribution in [3.05, 3.63) is 48.0 Å². The molecule has 1 atom stereocenters. The van der Waals surface area contributed by atoms with Gasteiger partial charge < -0.3 is 21.4 Å². The fourth-order valence-corrected chi connectivity index (χ4v) is 3.24. The molecule has 176 valence electrons. The lowest BCUT2D eigenvalue weighted by Crippen LogP contribution is -2.33. The Morgan fingerprint density at radius 3 is 2.69 bits per heavy atom. The van der Waals surface area contributed by atoms with E-state index in [0.29, 0.717) is 18.9 Å². The number of nitrogens with two attached hydrogens (primary N) is 1. The number of rotatable bonds is 10. The van der Waals surface area contributed by atoms with E-state index >= 15 is 0 Å². The molecule has 0 radical (unpaired) electrons. The molecule has 2 heterocycles. The number of hydrogen-bond acceptors (Lipinski definition) is 5. The minimum Gasteiger partial charge on any atom is -0.385 e. The Balaban J connectivity index is 0.00000256. The first-order valence-corrected chi connectivity index (χ1v) is 10.3. The number of H-pyrrole nitrogens is 1. The molecule has 0 saturated heterocycles. The molecule has 11 heteroatoms. The molecule has 1 aromatic heterocycles. The molecule has 0 aliphatic carbocycles. The van der Waals surface area contributed by atoms with E-state index in [4.69, 9.17) is 5.73 Å². The molecular formula is C21H32Br2N8O. The van der Waals surface area contributed by atoms with Crippen molar-refractivity contribution in [2.45, 2.75) is 32.6 Å². The number of nitrogens with zero attached hydrogens (tertiary/aromatic N) is 3. The summed E-state index contributed by atoms with van der Waals surface area (Å²) in [5.74, 6) is 0.578. The molecule has 1 unspecified atom stereocenters. The van der Waals surface area contributed by atoms with Crippen LogP contribution in [0.4, 0.5) is 5.69 Å². The average Bonchev–Trinajstić information content (AvgIpc) is 3.25. The van der Waals surface area contributed by atoms with E-state index in [1.807, 2.05) is 37.4 Å². The highest BCUT2D eigenvalue weighted by molar-refractivity contribution is 8.93. The highest BCUT2D eigenvalue weighted by atomic mass is 79.9. The first-order valence-electron chi connectivity index (χ1n) is 10.3. The topological polar surface area (TPSA) is 133 Å². The summed E-state index contributed by atoms with van der Waals surface area (Å²) in [7, 11) is 0. The van der Waals surface area contributed by atoms with E-state index in [0.717, 1.165) is 55.0 Å². The smallest absolute Gasteiger partial charge is 0.240 e. The number of carbonyl (C=O) groups is 1. The molecule has 9 nitrogen and oxygen atoms in total. The number of carbonyl (C=O) groups excluding carboxylic acids is 1. The van der Waals surface area contributed by atoms with E-state index in [1.165, 1.54) is 0 Å². The third-order valence-electron chi connectivity index (χ3n) is 4.86. The van der Waals surface area contributed by atoms with Gasteiger partial charge in [-0.15, -0.1) is 34.0 Å². The number of hydrogen-bond donors (Lipinski definition) is 5. The summed E-state index contributed by atoms with van der Waals surface area (Å²) in [6.07, 6.45) is 6.79. The molecule has 1 aromatic carbocycles. The van der Waals surface area contributed by atoms with E-state index in [1.54, 1.807) is 6.33 Å². The predicted octanol–water partition coefficient (Wildman–Crippen LogP) is 2.76. The lowest BCUT2D eigenvalue weighted by Gasteiger charge is -2.19. The minimum atomic E-state index is -0.0298. The van der Waals surface area contributed by atoms with Crippen molar-refractivity contribution in [3.8, 4) is 0 Å². The molecule has 2 aromatic rings. The van der Waals surface area contributed by atoms with Crippen LogP contribution >= 0.6 is 34.0 Å². The zero-order chi connectivity index (χ0) is 21.2. The van der Waals surface area contributed by atoms with Crippen LogP contribution in [0, 0.1) is 5.92 Å². The second-order valence-electron chi connectivity index (χ2n) is 7.35. The summed E-state index contributed by atoms with van der Waals surface area (Å²) in [5, 5.41) is 10.7. The number of guanidine groups is 1. The molecule has 0 bridgehead atoms. The van der Waals surface area contributed by atoms with Gasteiger partial charge in [0.05, 0.1) is 17.7 Å². The normalized spacial score (nSPS) is 15.7. The highest BCUT2D eigenvalue weighted by Crippen LogP contribution is 2.18. The largest absolute Gasteiger partial charge is 0.385 e. The van der Waals surface area contributed by atoms with Crippen molar-refractivity contribution < 1.29 is 4.79 Å². The highest BCUT2D eigenvalue weighted by Gasteiger charge is 2.21. The molecule has 1 aliphatic rings. The van der Waals surface area contributed by atoms with Crippen molar-refractivity contribution >= 4 is 57.2 Å². The van der Waals surface area contributed by atoms with Gasteiger partial charge >= 0.3 is 0 Å². The molecule has 0 saturated carbocycles. The van der Waals surface area contributed by atoms with Gasteiger partial charge in [-0.2, -0.15) is 5.10 Å². The Hall–Kier alpha value is -2.40. The van der Waals surface area contributed by atoms with Gasteiger partial charge in [-0.25, -0.2) is 10.4 Å². The number of amides is 1. The van der Waals surface area contributed by atoms with Crippen LogP contribution in [-0.2, 0) is 11.2 Å². The van der Waals surface area contributed by atoms with Gasteiger partial charge in [-0.1, -0.05) is 19.1 Å². The van der Waals surface area contributed by atoms with Crippen LogP contribution in [0.3, 0.4) is 0 Å². The van der Waals surface area contributed by atoms with Gasteiger partial charge in [0.1, 0.15) is 0 Å². The van der Waals surface area contributed by atoms with Crippen LogP contribution in [0.2, 0.25) is 0 Å². The van der Waals surface area contributed by atoms with Crippen molar-refractivity contribution in [2.24, 2.45) is 21.7 Å². The van der Waals surface area contributed by atoms with Crippen LogP contribution in [0.5, 0.6) is 0 Å². The number of aliphatic imine (C=N–C) groups is 1. The van der Waals surface area contributed by atoms with Crippen LogP contribution in [0.1, 0.15) is 37.4 Å². The zero-order valence-corrected chi connectivity index (χ0v) is 21.6. The first kappa shape index (κ1) is 27.6. The van der Waals surface area contributed by atoms with Gasteiger partial charge in [0.15, 0.2) is 5.96 Å².